The van der Waals surface area contributed by atoms with E-state index >= 15 is 0 Å². The lowest BCUT2D eigenvalue weighted by atomic mass is 10.0. The fourth-order valence-corrected chi connectivity index (χ4v) is 2.46. The summed E-state index contributed by atoms with van der Waals surface area (Å²) < 4.78 is 0. The predicted octanol–water partition coefficient (Wildman–Crippen LogP) is 4.15. The van der Waals surface area contributed by atoms with Crippen LogP contribution in [0.2, 0.25) is 0 Å². The highest BCUT2D eigenvalue weighted by Gasteiger charge is 2.02. The Labute approximate surface area is 123 Å². The quantitative estimate of drug-likeness (QED) is 0.794. The number of benzene rings is 2. The normalized spacial score (nSPS) is 12.3. The number of nitrogens with one attached hydrogen (secondary N) is 1. The van der Waals surface area contributed by atoms with Crippen LogP contribution in [0.25, 0.3) is 0 Å². The Morgan fingerprint density at radius 3 is 2.40 bits per heavy atom. The number of aryl methyl sites for hydroxylation is 2. The third-order valence-electron chi connectivity index (χ3n) is 3.70. The Bertz CT molecular complexity index is 504. The molecule has 0 aliphatic carbocycles. The molecule has 2 rings (SSSR count). The Morgan fingerprint density at radius 1 is 0.900 bits per heavy atom. The van der Waals surface area contributed by atoms with Crippen LogP contribution >= 0.6 is 0 Å². The van der Waals surface area contributed by atoms with Gasteiger partial charge in [0.2, 0.25) is 0 Å². The molecule has 0 fully saturated rings. The van der Waals surface area contributed by atoms with Crippen LogP contribution in [0.3, 0.4) is 0 Å². The van der Waals surface area contributed by atoms with E-state index in [1.807, 2.05) is 0 Å². The van der Waals surface area contributed by atoms with Crippen molar-refractivity contribution in [3.63, 3.8) is 0 Å². The van der Waals surface area contributed by atoms with Crippen molar-refractivity contribution < 1.29 is 0 Å². The molecule has 106 valence electrons. The average molecular weight is 267 g/mol. The van der Waals surface area contributed by atoms with E-state index in [1.165, 1.54) is 23.1 Å². The van der Waals surface area contributed by atoms with Crippen LogP contribution in [0.15, 0.2) is 54.6 Å². The molecule has 0 saturated heterocycles. The summed E-state index contributed by atoms with van der Waals surface area (Å²) >= 11 is 0. The van der Waals surface area contributed by atoms with Crippen LogP contribution in [-0.4, -0.2) is 12.6 Å². The van der Waals surface area contributed by atoms with Crippen molar-refractivity contribution in [3.8, 4) is 0 Å². The number of hydrogen-bond donors (Lipinski definition) is 1. The summed E-state index contributed by atoms with van der Waals surface area (Å²) in [4.78, 5) is 0. The third-order valence-corrected chi connectivity index (χ3v) is 3.70. The van der Waals surface area contributed by atoms with Gasteiger partial charge in [-0.1, -0.05) is 60.2 Å². The molecule has 1 heteroatoms. The zero-order valence-electron chi connectivity index (χ0n) is 12.6. The molecule has 2 aromatic carbocycles. The van der Waals surface area contributed by atoms with Gasteiger partial charge in [0.05, 0.1) is 0 Å². The van der Waals surface area contributed by atoms with Crippen molar-refractivity contribution in [2.45, 2.75) is 39.2 Å². The van der Waals surface area contributed by atoms with Gasteiger partial charge in [-0.2, -0.15) is 0 Å². The van der Waals surface area contributed by atoms with E-state index in [4.69, 9.17) is 0 Å². The summed E-state index contributed by atoms with van der Waals surface area (Å²) in [5.74, 6) is 0. The first-order valence-electron chi connectivity index (χ1n) is 7.57. The molecule has 2 aromatic rings. The predicted molar refractivity (Wildman–Crippen MR) is 87.1 cm³/mol. The van der Waals surface area contributed by atoms with Crippen molar-refractivity contribution in [1.82, 2.24) is 5.32 Å². The molecular weight excluding hydrogens is 242 g/mol. The van der Waals surface area contributed by atoms with Crippen molar-refractivity contribution in [2.75, 3.05) is 6.54 Å². The van der Waals surface area contributed by atoms with E-state index < -0.39 is 0 Å². The molecule has 0 aliphatic heterocycles. The van der Waals surface area contributed by atoms with E-state index in [9.17, 15) is 0 Å². The Balaban J connectivity index is 1.67. The second-order valence-electron chi connectivity index (χ2n) is 5.62. The zero-order chi connectivity index (χ0) is 14.2. The molecule has 20 heavy (non-hydrogen) atoms. The number of rotatable bonds is 7. The lowest BCUT2D eigenvalue weighted by molar-refractivity contribution is 0.517. The van der Waals surface area contributed by atoms with Crippen LogP contribution in [0.5, 0.6) is 0 Å². The largest absolute Gasteiger partial charge is 0.314 e. The molecule has 1 N–H and O–H groups in total. The summed E-state index contributed by atoms with van der Waals surface area (Å²) in [5, 5.41) is 3.62. The van der Waals surface area contributed by atoms with Gasteiger partial charge < -0.3 is 5.32 Å². The third kappa shape index (κ3) is 5.18. The van der Waals surface area contributed by atoms with Crippen LogP contribution in [-0.2, 0) is 12.8 Å². The molecule has 0 heterocycles. The van der Waals surface area contributed by atoms with Crippen molar-refractivity contribution >= 4 is 0 Å². The molecule has 1 atom stereocenters. The molecule has 0 aromatic heterocycles. The highest BCUT2D eigenvalue weighted by molar-refractivity contribution is 5.22. The van der Waals surface area contributed by atoms with Gasteiger partial charge in [0.15, 0.2) is 0 Å². The van der Waals surface area contributed by atoms with E-state index in [1.54, 1.807) is 0 Å². The highest BCUT2D eigenvalue weighted by atomic mass is 14.9. The van der Waals surface area contributed by atoms with E-state index in [2.05, 4.69) is 73.8 Å². The minimum absolute atomic E-state index is 0.569. The first-order valence-corrected chi connectivity index (χ1v) is 7.57. The summed E-state index contributed by atoms with van der Waals surface area (Å²) in [5.41, 5.74) is 4.21. The number of hydrogen-bond acceptors (Lipinski definition) is 1. The summed E-state index contributed by atoms with van der Waals surface area (Å²) in [7, 11) is 0. The molecule has 0 spiro atoms. The van der Waals surface area contributed by atoms with E-state index in [0.717, 1.165) is 19.4 Å². The van der Waals surface area contributed by atoms with Gasteiger partial charge in [-0.25, -0.2) is 0 Å². The minimum atomic E-state index is 0.569. The maximum absolute atomic E-state index is 3.62. The fourth-order valence-electron chi connectivity index (χ4n) is 2.46. The smallest absolute Gasteiger partial charge is 0.00420 e. The van der Waals surface area contributed by atoms with Crippen molar-refractivity contribution in [1.29, 1.82) is 0 Å². The van der Waals surface area contributed by atoms with Gasteiger partial charge in [0.25, 0.3) is 0 Å². The van der Waals surface area contributed by atoms with Gasteiger partial charge in [0, 0.05) is 6.04 Å². The minimum Gasteiger partial charge on any atom is -0.314 e. The molecular formula is C19H25N. The standard InChI is InChI=1S/C19H25N/c1-16-7-6-10-19(15-16)12-11-17(2)20-14-13-18-8-4-3-5-9-18/h3-10,15,17,20H,11-14H2,1-2H3. The van der Waals surface area contributed by atoms with Crippen molar-refractivity contribution in [2.24, 2.45) is 0 Å². The van der Waals surface area contributed by atoms with Gasteiger partial charge in [-0.15, -0.1) is 0 Å². The second-order valence-corrected chi connectivity index (χ2v) is 5.62. The Morgan fingerprint density at radius 2 is 1.65 bits per heavy atom. The highest BCUT2D eigenvalue weighted by Crippen LogP contribution is 2.08. The van der Waals surface area contributed by atoms with Gasteiger partial charge in [0.1, 0.15) is 0 Å². The van der Waals surface area contributed by atoms with Crippen LogP contribution in [0, 0.1) is 6.92 Å². The maximum atomic E-state index is 3.62. The topological polar surface area (TPSA) is 12.0 Å². The molecule has 0 saturated carbocycles. The van der Waals surface area contributed by atoms with Crippen molar-refractivity contribution in [3.05, 3.63) is 71.3 Å². The lowest BCUT2D eigenvalue weighted by Crippen LogP contribution is -2.28. The summed E-state index contributed by atoms with van der Waals surface area (Å²) in [6.07, 6.45) is 3.45. The molecule has 0 amide bonds. The zero-order valence-corrected chi connectivity index (χ0v) is 12.6. The Hall–Kier alpha value is -1.60. The van der Waals surface area contributed by atoms with Crippen LogP contribution in [0.1, 0.15) is 30.0 Å². The lowest BCUT2D eigenvalue weighted by Gasteiger charge is -2.14. The maximum Gasteiger partial charge on any atom is 0.00420 e. The van der Waals surface area contributed by atoms with Gasteiger partial charge >= 0.3 is 0 Å². The summed E-state index contributed by atoms with van der Waals surface area (Å²) in [6, 6.07) is 20.1. The van der Waals surface area contributed by atoms with Crippen LogP contribution < -0.4 is 5.32 Å². The SMILES string of the molecule is Cc1cccc(CCC(C)NCCc2ccccc2)c1. The molecule has 0 radical (unpaired) electrons. The average Bonchev–Trinajstić information content (AvgIpc) is 2.46. The Kier molecular flexibility index (Phi) is 5.82. The molecule has 1 unspecified atom stereocenters. The van der Waals surface area contributed by atoms with Gasteiger partial charge in [-0.05, 0) is 50.8 Å². The summed E-state index contributed by atoms with van der Waals surface area (Å²) in [6.45, 7) is 5.49. The monoisotopic (exact) mass is 267 g/mol. The van der Waals surface area contributed by atoms with E-state index in [-0.39, 0.29) is 0 Å². The molecule has 0 aliphatic rings. The fraction of sp³-hybridized carbons (Fsp3) is 0.368. The second kappa shape index (κ2) is 7.86. The van der Waals surface area contributed by atoms with Crippen LogP contribution in [0.4, 0.5) is 0 Å². The first-order chi connectivity index (χ1) is 9.74. The molecule has 0 bridgehead atoms. The van der Waals surface area contributed by atoms with Gasteiger partial charge in [-0.3, -0.25) is 0 Å². The van der Waals surface area contributed by atoms with E-state index in [0.29, 0.717) is 6.04 Å². The first kappa shape index (κ1) is 14.8. The molecule has 1 nitrogen and oxygen atoms in total.